The van der Waals surface area contributed by atoms with Crippen molar-refractivity contribution in [2.24, 2.45) is 0 Å². The van der Waals surface area contributed by atoms with Gasteiger partial charge in [0.1, 0.15) is 6.04 Å². The van der Waals surface area contributed by atoms with Crippen molar-refractivity contribution in [3.05, 3.63) is 65.9 Å². The van der Waals surface area contributed by atoms with E-state index in [2.05, 4.69) is 15.2 Å². The number of benzene rings is 2. The Morgan fingerprint density at radius 1 is 1.03 bits per heavy atom. The molecule has 1 aromatic heterocycles. The molecule has 0 radical (unpaired) electrons. The van der Waals surface area contributed by atoms with Gasteiger partial charge >= 0.3 is 0 Å². The van der Waals surface area contributed by atoms with Gasteiger partial charge in [-0.1, -0.05) is 24.3 Å². The minimum Gasteiger partial charge on any atom is -0.454 e. The maximum atomic E-state index is 13.0. The third kappa shape index (κ3) is 4.52. The van der Waals surface area contributed by atoms with Crippen molar-refractivity contribution in [1.82, 2.24) is 20.1 Å². The van der Waals surface area contributed by atoms with E-state index in [1.165, 1.54) is 0 Å². The smallest absolute Gasteiger partial charge is 0.252 e. The van der Waals surface area contributed by atoms with Gasteiger partial charge in [-0.05, 0) is 29.8 Å². The third-order valence-corrected chi connectivity index (χ3v) is 6.21. The quantitative estimate of drug-likeness (QED) is 0.571. The number of para-hydroxylation sites is 1. The molecule has 1 saturated heterocycles. The number of rotatable bonds is 6. The molecule has 0 bridgehead atoms. The van der Waals surface area contributed by atoms with Crippen LogP contribution in [0.15, 0.2) is 54.7 Å². The molecule has 2 amide bonds. The number of aromatic nitrogens is 1. The van der Waals surface area contributed by atoms with E-state index < -0.39 is 18.6 Å². The molecule has 2 N–H and O–H groups in total. The molecule has 1 unspecified atom stereocenters. The van der Waals surface area contributed by atoms with Gasteiger partial charge in [0, 0.05) is 44.3 Å². The van der Waals surface area contributed by atoms with Crippen LogP contribution in [0.1, 0.15) is 15.9 Å². The number of hydrogen-bond donors (Lipinski definition) is 2. The van der Waals surface area contributed by atoms with Gasteiger partial charge in [-0.2, -0.15) is 0 Å². The lowest BCUT2D eigenvalue weighted by Crippen LogP contribution is -2.55. The van der Waals surface area contributed by atoms with Gasteiger partial charge in [0.15, 0.2) is 11.5 Å². The number of nitrogens with one attached hydrogen (secondary N) is 1. The highest BCUT2D eigenvalue weighted by molar-refractivity contribution is 6.07. The Hall–Kier alpha value is -3.69. The molecule has 9 heteroatoms. The van der Waals surface area contributed by atoms with Crippen LogP contribution in [0.5, 0.6) is 11.5 Å². The van der Waals surface area contributed by atoms with Crippen molar-refractivity contribution in [3.8, 4) is 11.5 Å². The number of aliphatic hydroxyl groups excluding tert-OH is 1. The largest absolute Gasteiger partial charge is 0.454 e. The number of nitrogens with zero attached hydrogens (tertiary/aromatic N) is 3. The minimum absolute atomic E-state index is 0.250. The Morgan fingerprint density at radius 3 is 2.65 bits per heavy atom. The molecule has 3 aromatic rings. The van der Waals surface area contributed by atoms with E-state index in [1.54, 1.807) is 17.2 Å². The van der Waals surface area contributed by atoms with Gasteiger partial charge in [0.05, 0.1) is 17.7 Å². The van der Waals surface area contributed by atoms with Crippen LogP contribution in [0.2, 0.25) is 0 Å². The van der Waals surface area contributed by atoms with Crippen molar-refractivity contribution in [3.63, 3.8) is 0 Å². The average molecular weight is 463 g/mol. The fourth-order valence-electron chi connectivity index (χ4n) is 4.36. The van der Waals surface area contributed by atoms with E-state index in [-0.39, 0.29) is 12.7 Å². The standard InChI is InChI=1S/C25H26N4O5/c30-15-21(27-24(31)19-7-8-26-20-4-2-1-3-18(19)20)25(32)29-11-9-28(10-12-29)14-17-5-6-22-23(13-17)34-16-33-22/h1-8,13,21,30H,9-12,14-16H2,(H,27,31). The normalized spacial score (nSPS) is 16.4. The predicted octanol–water partition coefficient (Wildman–Crippen LogP) is 1.40. The number of aliphatic hydroxyl groups is 1. The summed E-state index contributed by atoms with van der Waals surface area (Å²) < 4.78 is 10.8. The summed E-state index contributed by atoms with van der Waals surface area (Å²) in [5, 5.41) is 13.3. The second-order valence-corrected chi connectivity index (χ2v) is 8.37. The molecule has 176 valence electrons. The Morgan fingerprint density at radius 2 is 1.82 bits per heavy atom. The average Bonchev–Trinajstić information content (AvgIpc) is 3.35. The molecular formula is C25H26N4O5. The highest BCUT2D eigenvalue weighted by atomic mass is 16.7. The molecule has 2 aliphatic heterocycles. The van der Waals surface area contributed by atoms with Gasteiger partial charge in [0.2, 0.25) is 12.7 Å². The summed E-state index contributed by atoms with van der Waals surface area (Å²) in [7, 11) is 0. The third-order valence-electron chi connectivity index (χ3n) is 6.21. The number of piperazine rings is 1. The second-order valence-electron chi connectivity index (χ2n) is 8.37. The molecule has 34 heavy (non-hydrogen) atoms. The number of carbonyl (C=O) groups excluding carboxylic acids is 2. The van der Waals surface area contributed by atoms with E-state index in [4.69, 9.17) is 9.47 Å². The fourth-order valence-corrected chi connectivity index (χ4v) is 4.36. The second kappa shape index (κ2) is 9.66. The maximum Gasteiger partial charge on any atom is 0.252 e. The predicted molar refractivity (Wildman–Crippen MR) is 125 cm³/mol. The van der Waals surface area contributed by atoms with Crippen LogP contribution >= 0.6 is 0 Å². The maximum absolute atomic E-state index is 13.0. The van der Waals surface area contributed by atoms with Crippen molar-refractivity contribution in [1.29, 1.82) is 0 Å². The highest BCUT2D eigenvalue weighted by Crippen LogP contribution is 2.32. The molecule has 1 fully saturated rings. The number of carbonyl (C=O) groups is 2. The highest BCUT2D eigenvalue weighted by Gasteiger charge is 2.29. The number of hydrogen-bond acceptors (Lipinski definition) is 7. The first-order valence-electron chi connectivity index (χ1n) is 11.3. The molecular weight excluding hydrogens is 436 g/mol. The SMILES string of the molecule is O=C(NC(CO)C(=O)N1CCN(Cc2ccc3c(c2)OCO3)CC1)c1ccnc2ccccc12. The van der Waals surface area contributed by atoms with Crippen molar-refractivity contribution in [2.75, 3.05) is 39.6 Å². The minimum atomic E-state index is -1.00. The number of amides is 2. The van der Waals surface area contributed by atoms with Crippen LogP contribution in [-0.2, 0) is 11.3 Å². The number of ether oxygens (including phenoxy) is 2. The van der Waals surface area contributed by atoms with E-state index >= 15 is 0 Å². The van der Waals surface area contributed by atoms with Gasteiger partial charge in [-0.25, -0.2) is 0 Å². The zero-order valence-corrected chi connectivity index (χ0v) is 18.6. The molecule has 2 aromatic carbocycles. The van der Waals surface area contributed by atoms with Gasteiger partial charge in [-0.3, -0.25) is 19.5 Å². The van der Waals surface area contributed by atoms with Crippen LogP contribution in [0.3, 0.4) is 0 Å². The summed E-state index contributed by atoms with van der Waals surface area (Å²) in [4.78, 5) is 34.2. The molecule has 0 aliphatic carbocycles. The molecule has 2 aliphatic rings. The molecule has 3 heterocycles. The Balaban J connectivity index is 1.18. The molecule has 1 atom stereocenters. The molecule has 0 spiro atoms. The van der Waals surface area contributed by atoms with Crippen molar-refractivity contribution >= 4 is 22.7 Å². The number of fused-ring (bicyclic) bond motifs is 2. The Labute approximate surface area is 196 Å². The Bertz CT molecular complexity index is 1200. The summed E-state index contributed by atoms with van der Waals surface area (Å²) in [6.07, 6.45) is 1.56. The lowest BCUT2D eigenvalue weighted by Gasteiger charge is -2.36. The van der Waals surface area contributed by atoms with Gasteiger partial charge < -0.3 is 24.8 Å². The van der Waals surface area contributed by atoms with Crippen LogP contribution in [0.4, 0.5) is 0 Å². The monoisotopic (exact) mass is 462 g/mol. The summed E-state index contributed by atoms with van der Waals surface area (Å²) in [5.74, 6) is 0.829. The summed E-state index contributed by atoms with van der Waals surface area (Å²) >= 11 is 0. The van der Waals surface area contributed by atoms with Crippen molar-refractivity contribution < 1.29 is 24.2 Å². The van der Waals surface area contributed by atoms with E-state index in [0.717, 1.165) is 23.6 Å². The van der Waals surface area contributed by atoms with Crippen LogP contribution < -0.4 is 14.8 Å². The summed E-state index contributed by atoms with van der Waals surface area (Å²) in [6.45, 7) is 2.96. The van der Waals surface area contributed by atoms with Crippen LogP contribution in [0, 0.1) is 0 Å². The van der Waals surface area contributed by atoms with E-state index in [0.29, 0.717) is 42.6 Å². The zero-order chi connectivity index (χ0) is 23.5. The molecule has 5 rings (SSSR count). The summed E-state index contributed by atoms with van der Waals surface area (Å²) in [5.41, 5.74) is 2.24. The Kier molecular flexibility index (Phi) is 6.29. The van der Waals surface area contributed by atoms with Crippen LogP contribution in [0.25, 0.3) is 10.9 Å². The fraction of sp³-hybridized carbons (Fsp3) is 0.320. The van der Waals surface area contributed by atoms with E-state index in [9.17, 15) is 14.7 Å². The first-order valence-corrected chi connectivity index (χ1v) is 11.3. The summed E-state index contributed by atoms with van der Waals surface area (Å²) in [6, 6.07) is 13.9. The topological polar surface area (TPSA) is 104 Å². The first kappa shape index (κ1) is 22.1. The first-order chi connectivity index (χ1) is 16.6. The van der Waals surface area contributed by atoms with Gasteiger partial charge in [-0.15, -0.1) is 0 Å². The van der Waals surface area contributed by atoms with Crippen molar-refractivity contribution in [2.45, 2.75) is 12.6 Å². The van der Waals surface area contributed by atoms with Crippen LogP contribution in [-0.4, -0.2) is 77.3 Å². The zero-order valence-electron chi connectivity index (χ0n) is 18.6. The lowest BCUT2D eigenvalue weighted by molar-refractivity contribution is -0.136. The van der Waals surface area contributed by atoms with Gasteiger partial charge in [0.25, 0.3) is 5.91 Å². The molecule has 9 nitrogen and oxygen atoms in total. The molecule has 0 saturated carbocycles. The number of pyridine rings is 1. The van der Waals surface area contributed by atoms with E-state index in [1.807, 2.05) is 42.5 Å². The lowest BCUT2D eigenvalue weighted by atomic mass is 10.1.